The number of rotatable bonds is 1. The van der Waals surface area contributed by atoms with Gasteiger partial charge in [-0.15, -0.1) is 0 Å². The Labute approximate surface area is 86.7 Å². The molecule has 1 heteroatoms. The fourth-order valence-corrected chi connectivity index (χ4v) is 2.51. The number of benzene rings is 1. The summed E-state index contributed by atoms with van der Waals surface area (Å²) in [5.41, 5.74) is 1.38. The van der Waals surface area contributed by atoms with Crippen LogP contribution in [0.4, 0.5) is 5.69 Å². The average molecular weight is 189 g/mol. The summed E-state index contributed by atoms with van der Waals surface area (Å²) < 4.78 is 0. The minimum atomic E-state index is 0.832. The highest BCUT2D eigenvalue weighted by Gasteiger charge is 2.21. The van der Waals surface area contributed by atoms with Crippen molar-refractivity contribution in [1.82, 2.24) is 0 Å². The highest BCUT2D eigenvalue weighted by Crippen LogP contribution is 2.25. The van der Waals surface area contributed by atoms with E-state index in [-0.39, 0.29) is 0 Å². The van der Waals surface area contributed by atoms with Crippen LogP contribution in [0.15, 0.2) is 30.3 Å². The molecule has 1 aromatic rings. The molecule has 1 fully saturated rings. The van der Waals surface area contributed by atoms with E-state index in [9.17, 15) is 0 Å². The van der Waals surface area contributed by atoms with E-state index in [4.69, 9.17) is 0 Å². The zero-order chi connectivity index (χ0) is 9.97. The third-order valence-electron chi connectivity index (χ3n) is 2.99. The second kappa shape index (κ2) is 4.04. The monoisotopic (exact) mass is 189 g/mol. The Morgan fingerprint density at radius 1 is 1.00 bits per heavy atom. The van der Waals surface area contributed by atoms with Crippen LogP contribution in [0.2, 0.25) is 0 Å². The maximum absolute atomic E-state index is 2.51. The molecular weight excluding hydrogens is 170 g/mol. The van der Waals surface area contributed by atoms with Crippen LogP contribution >= 0.6 is 0 Å². The van der Waals surface area contributed by atoms with Crippen LogP contribution in [0, 0.1) is 11.8 Å². The van der Waals surface area contributed by atoms with E-state index >= 15 is 0 Å². The van der Waals surface area contributed by atoms with E-state index in [0.29, 0.717) is 0 Å². The molecule has 2 rings (SSSR count). The molecule has 76 valence electrons. The smallest absolute Gasteiger partial charge is 0.0366 e. The Morgan fingerprint density at radius 3 is 2.14 bits per heavy atom. The van der Waals surface area contributed by atoms with E-state index in [1.807, 2.05) is 0 Å². The number of para-hydroxylation sites is 1. The van der Waals surface area contributed by atoms with Crippen LogP contribution in [-0.2, 0) is 0 Å². The van der Waals surface area contributed by atoms with Gasteiger partial charge in [0.15, 0.2) is 0 Å². The minimum absolute atomic E-state index is 0.832. The Bertz CT molecular complexity index is 271. The molecule has 1 aromatic carbocycles. The van der Waals surface area contributed by atoms with Crippen LogP contribution < -0.4 is 4.90 Å². The molecule has 0 aliphatic carbocycles. The molecule has 14 heavy (non-hydrogen) atoms. The Balaban J connectivity index is 2.11. The molecule has 0 saturated carbocycles. The molecule has 1 saturated heterocycles. The van der Waals surface area contributed by atoms with Crippen molar-refractivity contribution in [2.45, 2.75) is 20.3 Å². The van der Waals surface area contributed by atoms with E-state index in [0.717, 1.165) is 11.8 Å². The van der Waals surface area contributed by atoms with Gasteiger partial charge in [-0.2, -0.15) is 0 Å². The van der Waals surface area contributed by atoms with Crippen molar-refractivity contribution >= 4 is 5.69 Å². The fourth-order valence-electron chi connectivity index (χ4n) is 2.51. The molecule has 0 radical (unpaired) electrons. The van der Waals surface area contributed by atoms with Gasteiger partial charge >= 0.3 is 0 Å². The Morgan fingerprint density at radius 2 is 1.57 bits per heavy atom. The van der Waals surface area contributed by atoms with Gasteiger partial charge in [0.2, 0.25) is 0 Å². The molecule has 0 bridgehead atoms. The highest BCUT2D eigenvalue weighted by molar-refractivity contribution is 5.46. The van der Waals surface area contributed by atoms with Crippen LogP contribution in [0.25, 0.3) is 0 Å². The molecule has 0 aromatic heterocycles. The predicted octanol–water partition coefficient (Wildman–Crippen LogP) is 3.17. The van der Waals surface area contributed by atoms with Gasteiger partial charge in [0.25, 0.3) is 0 Å². The van der Waals surface area contributed by atoms with Crippen LogP contribution in [0.1, 0.15) is 20.3 Å². The number of nitrogens with zero attached hydrogens (tertiary/aromatic N) is 1. The lowest BCUT2D eigenvalue weighted by Gasteiger charge is -2.36. The van der Waals surface area contributed by atoms with Crippen molar-refractivity contribution in [3.63, 3.8) is 0 Å². The van der Waals surface area contributed by atoms with Crippen molar-refractivity contribution in [2.24, 2.45) is 11.8 Å². The summed E-state index contributed by atoms with van der Waals surface area (Å²) in [4.78, 5) is 2.51. The van der Waals surface area contributed by atoms with Crippen molar-refractivity contribution in [3.8, 4) is 0 Å². The molecule has 0 unspecified atom stereocenters. The zero-order valence-corrected chi connectivity index (χ0v) is 9.11. The third kappa shape index (κ3) is 2.09. The molecule has 2 atom stereocenters. The summed E-state index contributed by atoms with van der Waals surface area (Å²) in [6.45, 7) is 7.14. The minimum Gasteiger partial charge on any atom is -0.371 e. The van der Waals surface area contributed by atoms with Gasteiger partial charge in [0, 0.05) is 18.8 Å². The van der Waals surface area contributed by atoms with Gasteiger partial charge in [0.05, 0.1) is 0 Å². The van der Waals surface area contributed by atoms with Gasteiger partial charge in [0.1, 0.15) is 0 Å². The van der Waals surface area contributed by atoms with Gasteiger partial charge < -0.3 is 4.90 Å². The molecule has 1 aliphatic rings. The number of hydrogen-bond acceptors (Lipinski definition) is 1. The summed E-state index contributed by atoms with van der Waals surface area (Å²) in [7, 11) is 0. The first-order valence-corrected chi connectivity index (χ1v) is 5.55. The van der Waals surface area contributed by atoms with Crippen molar-refractivity contribution in [2.75, 3.05) is 18.0 Å². The summed E-state index contributed by atoms with van der Waals surface area (Å²) in [6.07, 6.45) is 1.38. The molecule has 0 N–H and O–H groups in total. The second-order valence-electron chi connectivity index (χ2n) is 4.69. The Hall–Kier alpha value is -0.980. The largest absolute Gasteiger partial charge is 0.371 e. The number of anilines is 1. The van der Waals surface area contributed by atoms with E-state index in [2.05, 4.69) is 49.1 Å². The standard InChI is InChI=1S/C13H19N/c1-11-8-12(2)10-14(9-11)13-6-4-3-5-7-13/h3-7,11-12H,8-10H2,1-2H3/t11-,12-/m1/s1. The molecule has 0 spiro atoms. The normalized spacial score (nSPS) is 27.7. The first-order chi connectivity index (χ1) is 6.75. The first-order valence-electron chi connectivity index (χ1n) is 5.55. The maximum atomic E-state index is 2.51. The lowest BCUT2D eigenvalue weighted by Crippen LogP contribution is -2.38. The Kier molecular flexibility index (Phi) is 2.76. The van der Waals surface area contributed by atoms with E-state index < -0.39 is 0 Å². The summed E-state index contributed by atoms with van der Waals surface area (Å²) in [5.74, 6) is 1.66. The topological polar surface area (TPSA) is 3.24 Å². The third-order valence-corrected chi connectivity index (χ3v) is 2.99. The summed E-state index contributed by atoms with van der Waals surface area (Å²) in [5, 5.41) is 0. The molecular formula is C13H19N. The predicted molar refractivity (Wildman–Crippen MR) is 61.6 cm³/mol. The number of piperidine rings is 1. The zero-order valence-electron chi connectivity index (χ0n) is 9.11. The lowest BCUT2D eigenvalue weighted by atomic mass is 9.91. The van der Waals surface area contributed by atoms with E-state index in [1.165, 1.54) is 25.2 Å². The first kappa shape index (κ1) is 9.57. The van der Waals surface area contributed by atoms with Crippen molar-refractivity contribution in [3.05, 3.63) is 30.3 Å². The van der Waals surface area contributed by atoms with Gasteiger partial charge in [-0.1, -0.05) is 32.0 Å². The molecule has 1 heterocycles. The van der Waals surface area contributed by atoms with Crippen LogP contribution in [0.3, 0.4) is 0 Å². The van der Waals surface area contributed by atoms with Crippen molar-refractivity contribution in [1.29, 1.82) is 0 Å². The number of hydrogen-bond donors (Lipinski definition) is 0. The maximum Gasteiger partial charge on any atom is 0.0366 e. The van der Waals surface area contributed by atoms with Crippen LogP contribution in [-0.4, -0.2) is 13.1 Å². The second-order valence-corrected chi connectivity index (χ2v) is 4.69. The van der Waals surface area contributed by atoms with E-state index in [1.54, 1.807) is 0 Å². The lowest BCUT2D eigenvalue weighted by molar-refractivity contribution is 0.357. The molecule has 1 nitrogen and oxygen atoms in total. The summed E-state index contributed by atoms with van der Waals surface area (Å²) in [6, 6.07) is 10.8. The highest BCUT2D eigenvalue weighted by atomic mass is 15.1. The van der Waals surface area contributed by atoms with Gasteiger partial charge in [-0.25, -0.2) is 0 Å². The molecule has 0 amide bonds. The van der Waals surface area contributed by atoms with Gasteiger partial charge in [-0.05, 0) is 30.4 Å². The van der Waals surface area contributed by atoms with Crippen molar-refractivity contribution < 1.29 is 0 Å². The fraction of sp³-hybridized carbons (Fsp3) is 0.538. The molecule has 1 aliphatic heterocycles. The van der Waals surface area contributed by atoms with Crippen LogP contribution in [0.5, 0.6) is 0 Å². The van der Waals surface area contributed by atoms with Gasteiger partial charge in [-0.3, -0.25) is 0 Å². The average Bonchev–Trinajstić information content (AvgIpc) is 2.18. The quantitative estimate of drug-likeness (QED) is 0.656. The SMILES string of the molecule is C[C@@H]1C[C@@H](C)CN(c2ccccc2)C1. The summed E-state index contributed by atoms with van der Waals surface area (Å²) >= 11 is 0.